The number of nitrogens with zero attached hydrogens (tertiary/aromatic N) is 2. The van der Waals surface area contributed by atoms with E-state index in [0.29, 0.717) is 30.9 Å². The van der Waals surface area contributed by atoms with Gasteiger partial charge in [0.05, 0.1) is 18.4 Å². The molecule has 1 aliphatic carbocycles. The van der Waals surface area contributed by atoms with E-state index in [4.69, 9.17) is 4.74 Å². The number of benzene rings is 2. The van der Waals surface area contributed by atoms with Gasteiger partial charge in [-0.3, -0.25) is 4.79 Å². The van der Waals surface area contributed by atoms with Crippen molar-refractivity contribution in [1.29, 1.82) is 0 Å². The van der Waals surface area contributed by atoms with Gasteiger partial charge in [-0.2, -0.15) is 0 Å². The molecule has 0 radical (unpaired) electrons. The topological polar surface area (TPSA) is 64.1 Å². The molecule has 2 aromatic carbocycles. The molecule has 0 saturated heterocycles. The summed E-state index contributed by atoms with van der Waals surface area (Å²) in [5.74, 6) is 1.12. The predicted molar refractivity (Wildman–Crippen MR) is 109 cm³/mol. The van der Waals surface area contributed by atoms with E-state index < -0.39 is 0 Å². The summed E-state index contributed by atoms with van der Waals surface area (Å²) in [7, 11) is 1.65. The Hall–Kier alpha value is -3.28. The summed E-state index contributed by atoms with van der Waals surface area (Å²) < 4.78 is 18.4. The summed E-state index contributed by atoms with van der Waals surface area (Å²) in [5.41, 5.74) is 3.47. The number of Topliss-reactive ketones (excluding diaryl/α,β-unsaturated/α-hetero) is 1. The number of fused-ring (bicyclic) bond motifs is 1. The first-order chi connectivity index (χ1) is 14.1. The first-order valence-corrected chi connectivity index (χ1v) is 9.64. The fraction of sp³-hybridized carbons (Fsp3) is 0.261. The second kappa shape index (κ2) is 8.39. The van der Waals surface area contributed by atoms with Crippen LogP contribution in [-0.2, 0) is 12.8 Å². The number of halogens is 1. The summed E-state index contributed by atoms with van der Waals surface area (Å²) >= 11 is 0. The molecule has 5 nitrogen and oxygen atoms in total. The molecule has 1 aliphatic rings. The van der Waals surface area contributed by atoms with Crippen LogP contribution in [0, 0.1) is 5.82 Å². The number of carbonyl (C=O) groups is 1. The molecule has 1 heterocycles. The Bertz CT molecular complexity index is 1000. The number of ketones is 1. The summed E-state index contributed by atoms with van der Waals surface area (Å²) in [5, 5.41) is 3.23. The minimum atomic E-state index is -0.276. The van der Waals surface area contributed by atoms with Crippen molar-refractivity contribution in [3.63, 3.8) is 0 Å². The van der Waals surface area contributed by atoms with Gasteiger partial charge in [-0.25, -0.2) is 14.4 Å². The highest BCUT2D eigenvalue weighted by Crippen LogP contribution is 2.32. The molecule has 148 valence electrons. The van der Waals surface area contributed by atoms with E-state index in [1.807, 2.05) is 24.3 Å². The lowest BCUT2D eigenvalue weighted by atomic mass is 9.82. The number of ether oxygens (including phenoxy) is 1. The highest BCUT2D eigenvalue weighted by atomic mass is 19.1. The summed E-state index contributed by atoms with van der Waals surface area (Å²) in [6, 6.07) is 14.3. The molecule has 4 rings (SSSR count). The minimum absolute atomic E-state index is 0.0117. The minimum Gasteiger partial charge on any atom is -0.497 e. The molecule has 1 N–H and O–H groups in total. The Morgan fingerprint density at radius 3 is 2.59 bits per heavy atom. The van der Waals surface area contributed by atoms with E-state index in [1.54, 1.807) is 25.4 Å². The van der Waals surface area contributed by atoms with Gasteiger partial charge in [0.2, 0.25) is 5.95 Å². The Balaban J connectivity index is 1.42. The van der Waals surface area contributed by atoms with Gasteiger partial charge in [-0.05, 0) is 54.2 Å². The van der Waals surface area contributed by atoms with Gasteiger partial charge in [0, 0.05) is 19.2 Å². The monoisotopic (exact) mass is 391 g/mol. The van der Waals surface area contributed by atoms with E-state index in [9.17, 15) is 9.18 Å². The maximum atomic E-state index is 13.2. The van der Waals surface area contributed by atoms with Gasteiger partial charge in [0.25, 0.3) is 0 Å². The molecule has 0 spiro atoms. The number of rotatable bonds is 6. The Morgan fingerprint density at radius 1 is 1.10 bits per heavy atom. The van der Waals surface area contributed by atoms with Crippen molar-refractivity contribution in [2.75, 3.05) is 19.0 Å². The maximum Gasteiger partial charge on any atom is 0.222 e. The van der Waals surface area contributed by atoms with Crippen LogP contribution in [0.4, 0.5) is 10.3 Å². The molecule has 1 aromatic heterocycles. The van der Waals surface area contributed by atoms with Crippen LogP contribution in [0.25, 0.3) is 0 Å². The van der Waals surface area contributed by atoms with Crippen LogP contribution in [0.5, 0.6) is 5.75 Å². The number of hydrogen-bond donors (Lipinski definition) is 1. The molecule has 1 unspecified atom stereocenters. The molecule has 29 heavy (non-hydrogen) atoms. The standard InChI is InChI=1S/C23H22FN3O2/c1-29-19-8-2-15(3-9-19)10-11-25-23-26-14-20-21(27-23)12-17(13-22(20)28)16-4-6-18(24)7-5-16/h2-9,14,17H,10-13H2,1H3,(H,25,26,27). The number of hydrogen-bond acceptors (Lipinski definition) is 5. The Labute approximate surface area is 169 Å². The molecule has 6 heteroatoms. The third kappa shape index (κ3) is 4.42. The van der Waals surface area contributed by atoms with Crippen LogP contribution >= 0.6 is 0 Å². The van der Waals surface area contributed by atoms with Gasteiger partial charge in [-0.15, -0.1) is 0 Å². The number of methoxy groups -OCH3 is 1. The third-order valence-electron chi connectivity index (χ3n) is 5.24. The second-order valence-electron chi connectivity index (χ2n) is 7.16. The van der Waals surface area contributed by atoms with E-state index >= 15 is 0 Å². The van der Waals surface area contributed by atoms with Gasteiger partial charge in [0.1, 0.15) is 11.6 Å². The number of aromatic nitrogens is 2. The lowest BCUT2D eigenvalue weighted by molar-refractivity contribution is 0.0962. The van der Waals surface area contributed by atoms with Crippen molar-refractivity contribution in [2.45, 2.75) is 25.2 Å². The average Bonchev–Trinajstić information content (AvgIpc) is 2.74. The van der Waals surface area contributed by atoms with Crippen LogP contribution in [-0.4, -0.2) is 29.4 Å². The van der Waals surface area contributed by atoms with Crippen LogP contribution in [0.3, 0.4) is 0 Å². The fourth-order valence-corrected chi connectivity index (χ4v) is 3.61. The van der Waals surface area contributed by atoms with E-state index in [1.165, 1.54) is 17.7 Å². The largest absolute Gasteiger partial charge is 0.497 e. The molecule has 3 aromatic rings. The van der Waals surface area contributed by atoms with Crippen molar-refractivity contribution in [3.05, 3.63) is 82.9 Å². The smallest absolute Gasteiger partial charge is 0.222 e. The number of carbonyl (C=O) groups excluding carboxylic acids is 1. The predicted octanol–water partition coefficient (Wildman–Crippen LogP) is 4.19. The van der Waals surface area contributed by atoms with Crippen LogP contribution in [0.15, 0.2) is 54.7 Å². The second-order valence-corrected chi connectivity index (χ2v) is 7.16. The van der Waals surface area contributed by atoms with Gasteiger partial charge >= 0.3 is 0 Å². The quantitative estimate of drug-likeness (QED) is 0.683. The molecule has 0 fully saturated rings. The number of anilines is 1. The highest BCUT2D eigenvalue weighted by molar-refractivity contribution is 5.98. The van der Waals surface area contributed by atoms with Crippen LogP contribution in [0.1, 0.15) is 39.5 Å². The Morgan fingerprint density at radius 2 is 1.86 bits per heavy atom. The SMILES string of the molecule is COc1ccc(CCNc2ncc3c(n2)CC(c2ccc(F)cc2)CC3=O)cc1. The third-order valence-corrected chi connectivity index (χ3v) is 5.24. The maximum absolute atomic E-state index is 13.2. The summed E-state index contributed by atoms with van der Waals surface area (Å²) in [4.78, 5) is 21.4. The summed E-state index contributed by atoms with van der Waals surface area (Å²) in [6.45, 7) is 0.681. The molecular formula is C23H22FN3O2. The zero-order valence-electron chi connectivity index (χ0n) is 16.2. The molecule has 0 amide bonds. The van der Waals surface area contributed by atoms with Crippen molar-refractivity contribution >= 4 is 11.7 Å². The summed E-state index contributed by atoms with van der Waals surface area (Å²) in [6.07, 6.45) is 3.47. The van der Waals surface area contributed by atoms with E-state index in [2.05, 4.69) is 15.3 Å². The average molecular weight is 391 g/mol. The van der Waals surface area contributed by atoms with E-state index in [0.717, 1.165) is 23.4 Å². The van der Waals surface area contributed by atoms with Gasteiger partial charge in [0.15, 0.2) is 5.78 Å². The van der Waals surface area contributed by atoms with Gasteiger partial charge in [-0.1, -0.05) is 24.3 Å². The van der Waals surface area contributed by atoms with E-state index in [-0.39, 0.29) is 17.5 Å². The molecule has 1 atom stereocenters. The fourth-order valence-electron chi connectivity index (χ4n) is 3.61. The highest BCUT2D eigenvalue weighted by Gasteiger charge is 2.28. The lowest BCUT2D eigenvalue weighted by Gasteiger charge is -2.23. The zero-order valence-corrected chi connectivity index (χ0v) is 16.2. The van der Waals surface area contributed by atoms with Crippen LogP contribution in [0.2, 0.25) is 0 Å². The van der Waals surface area contributed by atoms with Crippen molar-refractivity contribution < 1.29 is 13.9 Å². The molecule has 0 bridgehead atoms. The lowest BCUT2D eigenvalue weighted by Crippen LogP contribution is -2.21. The molecular weight excluding hydrogens is 369 g/mol. The van der Waals surface area contributed by atoms with Crippen molar-refractivity contribution in [1.82, 2.24) is 9.97 Å². The molecule has 0 saturated carbocycles. The first kappa shape index (κ1) is 19.1. The van der Waals surface area contributed by atoms with Crippen LogP contribution < -0.4 is 10.1 Å². The Kier molecular flexibility index (Phi) is 5.51. The number of nitrogens with one attached hydrogen (secondary N) is 1. The molecule has 0 aliphatic heterocycles. The van der Waals surface area contributed by atoms with Gasteiger partial charge < -0.3 is 10.1 Å². The first-order valence-electron chi connectivity index (χ1n) is 9.64. The normalized spacial score (nSPS) is 15.7. The van der Waals surface area contributed by atoms with Crippen molar-refractivity contribution in [3.8, 4) is 5.75 Å². The zero-order chi connectivity index (χ0) is 20.2. The van der Waals surface area contributed by atoms with Crippen molar-refractivity contribution in [2.24, 2.45) is 0 Å².